The third-order valence-electron chi connectivity index (χ3n) is 3.96. The van der Waals surface area contributed by atoms with Crippen LogP contribution in [0.3, 0.4) is 0 Å². The molecule has 122 valence electrons. The standard InChI is InChI=1S/C16H20N4O2S/c1-12-17-14(11-16(18-12)19(2)3)15-9-10-20(15)23(21,22)13-7-5-4-6-8-13/h4-8,11,15H,9-10H2,1-3H3/t15-/m0/s1. The second kappa shape index (κ2) is 5.90. The van der Waals surface area contributed by atoms with Crippen molar-refractivity contribution in [3.05, 3.63) is 47.9 Å². The van der Waals surface area contributed by atoms with E-state index in [2.05, 4.69) is 9.97 Å². The quantitative estimate of drug-likeness (QED) is 0.856. The second-order valence-electron chi connectivity index (χ2n) is 5.83. The summed E-state index contributed by atoms with van der Waals surface area (Å²) in [6, 6.07) is 10.2. The molecular weight excluding hydrogens is 312 g/mol. The number of hydrogen-bond donors (Lipinski definition) is 0. The first-order valence-electron chi connectivity index (χ1n) is 7.49. The summed E-state index contributed by atoms with van der Waals surface area (Å²) in [5, 5.41) is 0. The van der Waals surface area contributed by atoms with E-state index in [0.29, 0.717) is 17.3 Å². The molecule has 6 nitrogen and oxygen atoms in total. The lowest BCUT2D eigenvalue weighted by Gasteiger charge is -2.39. The predicted molar refractivity (Wildman–Crippen MR) is 88.8 cm³/mol. The molecule has 1 aliphatic rings. The van der Waals surface area contributed by atoms with E-state index < -0.39 is 10.0 Å². The molecule has 0 N–H and O–H groups in total. The molecule has 0 unspecified atom stereocenters. The van der Waals surface area contributed by atoms with Gasteiger partial charge < -0.3 is 4.90 Å². The minimum atomic E-state index is -3.49. The number of hydrogen-bond acceptors (Lipinski definition) is 5. The predicted octanol–water partition coefficient (Wildman–Crippen LogP) is 1.99. The largest absolute Gasteiger partial charge is 0.363 e. The molecule has 0 saturated carbocycles. The van der Waals surface area contributed by atoms with Gasteiger partial charge in [-0.2, -0.15) is 4.31 Å². The summed E-state index contributed by atoms with van der Waals surface area (Å²) in [7, 11) is 0.329. The Balaban J connectivity index is 1.94. The highest BCUT2D eigenvalue weighted by Crippen LogP contribution is 2.37. The molecule has 0 bridgehead atoms. The monoisotopic (exact) mass is 332 g/mol. The third-order valence-corrected chi connectivity index (χ3v) is 5.89. The Kier molecular flexibility index (Phi) is 4.08. The molecule has 0 aliphatic carbocycles. The second-order valence-corrected chi connectivity index (χ2v) is 7.72. The first kappa shape index (κ1) is 15.9. The Hall–Kier alpha value is -1.99. The average molecular weight is 332 g/mol. The van der Waals surface area contributed by atoms with Crippen LogP contribution in [0.25, 0.3) is 0 Å². The molecule has 0 radical (unpaired) electrons. The van der Waals surface area contributed by atoms with Crippen LogP contribution in [-0.4, -0.2) is 43.3 Å². The summed E-state index contributed by atoms with van der Waals surface area (Å²) in [4.78, 5) is 11.0. The molecule has 2 aromatic rings. The van der Waals surface area contributed by atoms with Crippen LogP contribution in [0.15, 0.2) is 41.3 Å². The van der Waals surface area contributed by atoms with Crippen LogP contribution < -0.4 is 4.90 Å². The fraction of sp³-hybridized carbons (Fsp3) is 0.375. The molecule has 1 aromatic carbocycles. The number of benzene rings is 1. The maximum atomic E-state index is 12.8. The highest BCUT2D eigenvalue weighted by atomic mass is 32.2. The number of rotatable bonds is 4. The normalized spacial score (nSPS) is 18.5. The molecule has 0 spiro atoms. The summed E-state index contributed by atoms with van der Waals surface area (Å²) in [5.41, 5.74) is 0.756. The molecule has 1 aromatic heterocycles. The minimum absolute atomic E-state index is 0.222. The van der Waals surface area contributed by atoms with Gasteiger partial charge in [-0.25, -0.2) is 18.4 Å². The van der Waals surface area contributed by atoms with Crippen molar-refractivity contribution in [1.29, 1.82) is 0 Å². The zero-order valence-electron chi connectivity index (χ0n) is 13.5. The number of aryl methyl sites for hydroxylation is 1. The molecule has 1 aliphatic heterocycles. The lowest BCUT2D eigenvalue weighted by Crippen LogP contribution is -2.45. The van der Waals surface area contributed by atoms with Gasteiger partial charge in [-0.15, -0.1) is 0 Å². The van der Waals surface area contributed by atoms with Crippen molar-refractivity contribution in [2.45, 2.75) is 24.3 Å². The van der Waals surface area contributed by atoms with Gasteiger partial charge in [0.2, 0.25) is 10.0 Å². The van der Waals surface area contributed by atoms with Gasteiger partial charge >= 0.3 is 0 Å². The van der Waals surface area contributed by atoms with Crippen LogP contribution in [0.2, 0.25) is 0 Å². The topological polar surface area (TPSA) is 66.4 Å². The van der Waals surface area contributed by atoms with Crippen LogP contribution in [0.5, 0.6) is 0 Å². The van der Waals surface area contributed by atoms with E-state index >= 15 is 0 Å². The maximum absolute atomic E-state index is 12.8. The van der Waals surface area contributed by atoms with E-state index in [-0.39, 0.29) is 6.04 Å². The summed E-state index contributed by atoms with van der Waals surface area (Å²) < 4.78 is 27.1. The van der Waals surface area contributed by atoms with Crippen molar-refractivity contribution in [3.63, 3.8) is 0 Å². The highest BCUT2D eigenvalue weighted by molar-refractivity contribution is 7.89. The van der Waals surface area contributed by atoms with Gasteiger partial charge in [0.15, 0.2) is 0 Å². The highest BCUT2D eigenvalue weighted by Gasteiger charge is 2.40. The maximum Gasteiger partial charge on any atom is 0.243 e. The van der Waals surface area contributed by atoms with Crippen molar-refractivity contribution >= 4 is 15.8 Å². The lowest BCUT2D eigenvalue weighted by molar-refractivity contribution is 0.197. The fourth-order valence-electron chi connectivity index (χ4n) is 2.65. The number of anilines is 1. The van der Waals surface area contributed by atoms with Crippen molar-refractivity contribution in [1.82, 2.24) is 14.3 Å². The van der Waals surface area contributed by atoms with E-state index in [0.717, 1.165) is 17.9 Å². The number of nitrogens with zero attached hydrogens (tertiary/aromatic N) is 4. The van der Waals surface area contributed by atoms with E-state index in [1.54, 1.807) is 24.3 Å². The van der Waals surface area contributed by atoms with Gasteiger partial charge in [0.05, 0.1) is 16.6 Å². The summed E-state index contributed by atoms with van der Waals surface area (Å²) in [6.45, 7) is 2.34. The van der Waals surface area contributed by atoms with Gasteiger partial charge in [-0.05, 0) is 25.5 Å². The molecule has 1 fully saturated rings. The summed E-state index contributed by atoms with van der Waals surface area (Å²) in [6.07, 6.45) is 0.773. The van der Waals surface area contributed by atoms with Crippen molar-refractivity contribution < 1.29 is 8.42 Å². The average Bonchev–Trinajstić information content (AvgIpc) is 2.46. The zero-order chi connectivity index (χ0) is 16.6. The Morgan fingerprint density at radius 3 is 2.43 bits per heavy atom. The van der Waals surface area contributed by atoms with E-state index in [1.165, 1.54) is 4.31 Å². The number of sulfonamides is 1. The van der Waals surface area contributed by atoms with Crippen LogP contribution in [0, 0.1) is 6.92 Å². The minimum Gasteiger partial charge on any atom is -0.363 e. The van der Waals surface area contributed by atoms with E-state index in [9.17, 15) is 8.42 Å². The molecule has 23 heavy (non-hydrogen) atoms. The third kappa shape index (κ3) is 2.94. The van der Waals surface area contributed by atoms with Gasteiger partial charge in [-0.1, -0.05) is 18.2 Å². The smallest absolute Gasteiger partial charge is 0.243 e. The van der Waals surface area contributed by atoms with E-state index in [1.807, 2.05) is 38.1 Å². The van der Waals surface area contributed by atoms with Gasteiger partial charge in [0, 0.05) is 26.7 Å². The Morgan fingerprint density at radius 1 is 1.17 bits per heavy atom. The zero-order valence-corrected chi connectivity index (χ0v) is 14.3. The van der Waals surface area contributed by atoms with Gasteiger partial charge in [-0.3, -0.25) is 0 Å². The van der Waals surface area contributed by atoms with Crippen LogP contribution >= 0.6 is 0 Å². The van der Waals surface area contributed by atoms with Crippen molar-refractivity contribution in [2.24, 2.45) is 0 Å². The van der Waals surface area contributed by atoms with Crippen molar-refractivity contribution in [3.8, 4) is 0 Å². The Labute approximate surface area is 136 Å². The molecule has 0 amide bonds. The molecule has 2 heterocycles. The van der Waals surface area contributed by atoms with Crippen LogP contribution in [-0.2, 0) is 10.0 Å². The fourth-order valence-corrected chi connectivity index (χ4v) is 4.31. The number of aromatic nitrogens is 2. The summed E-state index contributed by atoms with van der Waals surface area (Å²) >= 11 is 0. The lowest BCUT2D eigenvalue weighted by atomic mass is 10.0. The first-order chi connectivity index (χ1) is 10.9. The Morgan fingerprint density at radius 2 is 1.87 bits per heavy atom. The molecule has 1 atom stereocenters. The molecular formula is C16H20N4O2S. The van der Waals surface area contributed by atoms with Gasteiger partial charge in [0.25, 0.3) is 0 Å². The van der Waals surface area contributed by atoms with E-state index in [4.69, 9.17) is 0 Å². The van der Waals surface area contributed by atoms with Crippen LogP contribution in [0.4, 0.5) is 5.82 Å². The molecule has 7 heteroatoms. The summed E-state index contributed by atoms with van der Waals surface area (Å²) in [5.74, 6) is 1.44. The first-order valence-corrected chi connectivity index (χ1v) is 8.93. The molecule has 3 rings (SSSR count). The van der Waals surface area contributed by atoms with Gasteiger partial charge in [0.1, 0.15) is 11.6 Å². The van der Waals surface area contributed by atoms with Crippen molar-refractivity contribution in [2.75, 3.05) is 25.5 Å². The Bertz CT molecular complexity index is 806. The van der Waals surface area contributed by atoms with Crippen LogP contribution in [0.1, 0.15) is 24.0 Å². The SMILES string of the molecule is Cc1nc([C@@H]2CCN2S(=O)(=O)c2ccccc2)cc(N(C)C)n1. The molecule has 1 saturated heterocycles.